The van der Waals surface area contributed by atoms with Crippen LogP contribution >= 0.6 is 34.8 Å². The number of hydrogen-bond acceptors (Lipinski definition) is 3. The van der Waals surface area contributed by atoms with Crippen molar-refractivity contribution < 1.29 is 4.74 Å². The smallest absolute Gasteiger partial charge is 0.215 e. The third-order valence-corrected chi connectivity index (χ3v) is 3.82. The molecule has 3 rings (SSSR count). The molecule has 1 aromatic carbocycles. The fourth-order valence-corrected chi connectivity index (χ4v) is 2.65. The van der Waals surface area contributed by atoms with Crippen molar-refractivity contribution in [2.24, 2.45) is 0 Å². The molecule has 0 N–H and O–H groups in total. The fourth-order valence-electron chi connectivity index (χ4n) is 2.10. The number of ether oxygens (including phenoxy) is 1. The average Bonchev–Trinajstić information content (AvgIpc) is 2.87. The molecule has 0 aliphatic carbocycles. The quantitative estimate of drug-likeness (QED) is 0.659. The summed E-state index contributed by atoms with van der Waals surface area (Å²) < 4.78 is 6.96. The van der Waals surface area contributed by atoms with E-state index in [0.717, 1.165) is 0 Å². The highest BCUT2D eigenvalue weighted by Crippen LogP contribution is 2.30. The number of methoxy groups -OCH3 is 1. The zero-order valence-electron chi connectivity index (χ0n) is 11.0. The molecule has 0 aliphatic rings. The molecule has 0 amide bonds. The van der Waals surface area contributed by atoms with Crippen LogP contribution in [-0.2, 0) is 5.88 Å². The summed E-state index contributed by atoms with van der Waals surface area (Å²) in [7, 11) is 1.56. The van der Waals surface area contributed by atoms with Gasteiger partial charge in [-0.15, -0.1) is 11.6 Å². The first-order chi connectivity index (χ1) is 10.1. The minimum Gasteiger partial charge on any atom is -0.481 e. The topological polar surface area (TPSA) is 39.9 Å². The van der Waals surface area contributed by atoms with Gasteiger partial charge in [0.25, 0.3) is 0 Å². The van der Waals surface area contributed by atoms with Crippen LogP contribution < -0.4 is 4.74 Å². The molecule has 0 fully saturated rings. The Morgan fingerprint density at radius 1 is 1.14 bits per heavy atom. The van der Waals surface area contributed by atoms with Crippen LogP contribution in [0.2, 0.25) is 10.0 Å². The molecule has 0 saturated heterocycles. The summed E-state index contributed by atoms with van der Waals surface area (Å²) in [5, 5.41) is 1.11. The van der Waals surface area contributed by atoms with Crippen molar-refractivity contribution in [1.29, 1.82) is 0 Å². The van der Waals surface area contributed by atoms with Gasteiger partial charge in [-0.3, -0.25) is 4.57 Å². The highest BCUT2D eigenvalue weighted by molar-refractivity contribution is 6.34. The van der Waals surface area contributed by atoms with E-state index in [-0.39, 0.29) is 5.88 Å². The predicted molar refractivity (Wildman–Crippen MR) is 85.0 cm³/mol. The number of halogens is 3. The Morgan fingerprint density at radius 3 is 2.67 bits per heavy atom. The van der Waals surface area contributed by atoms with E-state index in [1.807, 2.05) is 6.07 Å². The van der Waals surface area contributed by atoms with E-state index in [4.69, 9.17) is 39.5 Å². The number of hydrogen-bond donors (Lipinski definition) is 0. The third kappa shape index (κ3) is 2.55. The van der Waals surface area contributed by atoms with E-state index < -0.39 is 0 Å². The van der Waals surface area contributed by atoms with Gasteiger partial charge in [-0.1, -0.05) is 23.2 Å². The summed E-state index contributed by atoms with van der Waals surface area (Å²) in [5.74, 6) is 1.35. The molecule has 7 heteroatoms. The van der Waals surface area contributed by atoms with E-state index in [9.17, 15) is 0 Å². The Bertz CT molecular complexity index is 817. The number of fused-ring (bicyclic) bond motifs is 1. The molecule has 0 spiro atoms. The maximum atomic E-state index is 6.28. The molecule has 0 saturated carbocycles. The Balaban J connectivity index is 2.36. The first-order valence-electron chi connectivity index (χ1n) is 6.08. The maximum absolute atomic E-state index is 6.28. The minimum atomic E-state index is 0.224. The van der Waals surface area contributed by atoms with Crippen LogP contribution in [0, 0.1) is 0 Å². The van der Waals surface area contributed by atoms with Gasteiger partial charge in [0.1, 0.15) is 11.3 Å². The van der Waals surface area contributed by atoms with Crippen molar-refractivity contribution in [3.05, 3.63) is 46.2 Å². The molecule has 0 unspecified atom stereocenters. The summed E-state index contributed by atoms with van der Waals surface area (Å²) >= 11 is 18.4. The number of rotatable bonds is 3. The lowest BCUT2D eigenvalue weighted by atomic mass is 10.3. The maximum Gasteiger partial charge on any atom is 0.215 e. The molecule has 0 bridgehead atoms. The van der Waals surface area contributed by atoms with E-state index in [1.54, 1.807) is 35.9 Å². The van der Waals surface area contributed by atoms with E-state index >= 15 is 0 Å². The number of nitrogens with zero attached hydrogens (tertiary/aromatic N) is 3. The highest BCUT2D eigenvalue weighted by atomic mass is 35.5. The largest absolute Gasteiger partial charge is 0.481 e. The van der Waals surface area contributed by atoms with E-state index in [2.05, 4.69) is 9.97 Å². The van der Waals surface area contributed by atoms with Crippen molar-refractivity contribution in [2.45, 2.75) is 5.88 Å². The minimum absolute atomic E-state index is 0.224. The first-order valence-corrected chi connectivity index (χ1v) is 7.37. The monoisotopic (exact) mass is 341 g/mol. The SMILES string of the molecule is COc1ccc2nc(CCl)n(-c3cc(Cl)ccc3Cl)c2n1. The number of aromatic nitrogens is 3. The second-order valence-corrected chi connectivity index (χ2v) is 5.40. The lowest BCUT2D eigenvalue weighted by Crippen LogP contribution is -2.01. The molecule has 2 aromatic heterocycles. The standard InChI is InChI=1S/C14H10Cl3N3O/c1-21-13-5-4-10-14(19-13)20(12(7-15)18-10)11-6-8(16)2-3-9(11)17/h2-6H,7H2,1H3. The lowest BCUT2D eigenvalue weighted by molar-refractivity contribution is 0.399. The van der Waals surface area contributed by atoms with Gasteiger partial charge in [0.05, 0.1) is 23.7 Å². The summed E-state index contributed by atoms with van der Waals surface area (Å²) in [4.78, 5) is 8.89. The zero-order valence-corrected chi connectivity index (χ0v) is 13.2. The van der Waals surface area contributed by atoms with Gasteiger partial charge >= 0.3 is 0 Å². The van der Waals surface area contributed by atoms with Crippen LogP contribution in [0.3, 0.4) is 0 Å². The Morgan fingerprint density at radius 2 is 1.95 bits per heavy atom. The summed E-state index contributed by atoms with van der Waals surface area (Å²) in [6.07, 6.45) is 0. The van der Waals surface area contributed by atoms with Crippen molar-refractivity contribution in [3.8, 4) is 11.6 Å². The molecular formula is C14H10Cl3N3O. The van der Waals surface area contributed by atoms with Crippen LogP contribution in [0.15, 0.2) is 30.3 Å². The normalized spacial score (nSPS) is 11.0. The van der Waals surface area contributed by atoms with E-state index in [0.29, 0.717) is 38.6 Å². The van der Waals surface area contributed by atoms with Gasteiger partial charge in [-0.25, -0.2) is 4.98 Å². The number of imidazole rings is 1. The molecule has 4 nitrogen and oxygen atoms in total. The summed E-state index contributed by atoms with van der Waals surface area (Å²) in [6, 6.07) is 8.77. The van der Waals surface area contributed by atoms with Crippen LogP contribution in [0.5, 0.6) is 5.88 Å². The van der Waals surface area contributed by atoms with Crippen molar-refractivity contribution in [2.75, 3.05) is 7.11 Å². The van der Waals surface area contributed by atoms with Gasteiger partial charge in [-0.05, 0) is 24.3 Å². The van der Waals surface area contributed by atoms with Crippen LogP contribution in [0.1, 0.15) is 5.82 Å². The average molecular weight is 343 g/mol. The zero-order chi connectivity index (χ0) is 15.0. The van der Waals surface area contributed by atoms with Crippen molar-refractivity contribution in [3.63, 3.8) is 0 Å². The van der Waals surface area contributed by atoms with Gasteiger partial charge in [-0.2, -0.15) is 4.98 Å². The molecule has 0 radical (unpaired) electrons. The molecule has 3 aromatic rings. The second-order valence-electron chi connectivity index (χ2n) is 4.29. The Hall–Kier alpha value is -1.49. The molecule has 2 heterocycles. The van der Waals surface area contributed by atoms with Crippen LogP contribution in [0.4, 0.5) is 0 Å². The number of pyridine rings is 1. The Labute approximate surface area is 136 Å². The lowest BCUT2D eigenvalue weighted by Gasteiger charge is -2.10. The van der Waals surface area contributed by atoms with E-state index in [1.165, 1.54) is 0 Å². The fraction of sp³-hybridized carbons (Fsp3) is 0.143. The molecule has 0 aliphatic heterocycles. The van der Waals surface area contributed by atoms with Gasteiger partial charge in [0.15, 0.2) is 5.65 Å². The summed E-state index contributed by atoms with van der Waals surface area (Å²) in [5.41, 5.74) is 2.01. The molecular weight excluding hydrogens is 333 g/mol. The third-order valence-electron chi connectivity index (χ3n) is 3.03. The van der Waals surface area contributed by atoms with Crippen molar-refractivity contribution >= 4 is 46.0 Å². The van der Waals surface area contributed by atoms with Gasteiger partial charge in [0.2, 0.25) is 5.88 Å². The predicted octanol–water partition coefficient (Wildman–Crippen LogP) is 4.47. The van der Waals surface area contributed by atoms with Crippen LogP contribution in [-0.4, -0.2) is 21.6 Å². The van der Waals surface area contributed by atoms with Crippen LogP contribution in [0.25, 0.3) is 16.9 Å². The number of alkyl halides is 1. The van der Waals surface area contributed by atoms with Crippen molar-refractivity contribution in [1.82, 2.24) is 14.5 Å². The highest BCUT2D eigenvalue weighted by Gasteiger charge is 2.16. The van der Waals surface area contributed by atoms with Gasteiger partial charge < -0.3 is 4.74 Å². The molecule has 21 heavy (non-hydrogen) atoms. The van der Waals surface area contributed by atoms with Gasteiger partial charge in [0, 0.05) is 11.1 Å². The molecule has 0 atom stereocenters. The summed E-state index contributed by atoms with van der Waals surface area (Å²) in [6.45, 7) is 0. The first kappa shape index (κ1) is 14.4. The molecule has 108 valence electrons. The Kier molecular flexibility index (Phi) is 3.93. The second kappa shape index (κ2) is 5.72. The number of benzene rings is 1.